The molecule has 3 heterocycles. The van der Waals surface area contributed by atoms with E-state index in [0.717, 1.165) is 31.7 Å². The Bertz CT molecular complexity index is 687. The smallest absolute Gasteiger partial charge is 0.310 e. The van der Waals surface area contributed by atoms with Crippen LogP contribution in [0.3, 0.4) is 0 Å². The highest BCUT2D eigenvalue weighted by atomic mass is 16.6. The number of aromatic nitrogens is 3. The molecule has 3 N–H and O–H groups in total. The van der Waals surface area contributed by atoms with Gasteiger partial charge in [-0.3, -0.25) is 10.1 Å². The van der Waals surface area contributed by atoms with E-state index >= 15 is 0 Å². The highest BCUT2D eigenvalue weighted by molar-refractivity contribution is 5.62. The molecular weight excluding hydrogens is 298 g/mol. The van der Waals surface area contributed by atoms with Crippen molar-refractivity contribution in [3.8, 4) is 0 Å². The van der Waals surface area contributed by atoms with Crippen molar-refractivity contribution in [2.45, 2.75) is 18.9 Å². The molecule has 1 fully saturated rings. The largest absolute Gasteiger partial charge is 0.393 e. The lowest BCUT2D eigenvalue weighted by Gasteiger charge is -2.33. The number of nitrogens with two attached hydrogens (primary N) is 1. The number of anilines is 3. The summed E-state index contributed by atoms with van der Waals surface area (Å²) in [6, 6.07) is 5.57. The summed E-state index contributed by atoms with van der Waals surface area (Å²) >= 11 is 0. The Hall–Kier alpha value is -2.97. The van der Waals surface area contributed by atoms with E-state index in [9.17, 15) is 10.1 Å². The first-order chi connectivity index (χ1) is 11.1. The second-order valence-corrected chi connectivity index (χ2v) is 5.37. The summed E-state index contributed by atoms with van der Waals surface area (Å²) in [5, 5.41) is 22.0. The lowest BCUT2D eigenvalue weighted by Crippen LogP contribution is -2.39. The lowest BCUT2D eigenvalue weighted by atomic mass is 10.1. The third-order valence-electron chi connectivity index (χ3n) is 3.84. The van der Waals surface area contributed by atoms with E-state index in [1.54, 1.807) is 6.20 Å². The molecule has 0 aromatic carbocycles. The summed E-state index contributed by atoms with van der Waals surface area (Å²) < 4.78 is 0. The molecule has 0 spiro atoms. The first kappa shape index (κ1) is 14.9. The van der Waals surface area contributed by atoms with E-state index in [0.29, 0.717) is 5.82 Å². The van der Waals surface area contributed by atoms with Crippen molar-refractivity contribution in [3.63, 3.8) is 0 Å². The number of nitro groups is 1. The molecule has 0 unspecified atom stereocenters. The molecule has 1 saturated heterocycles. The molecule has 9 nitrogen and oxygen atoms in total. The molecule has 0 amide bonds. The van der Waals surface area contributed by atoms with Gasteiger partial charge in [0.15, 0.2) is 5.82 Å². The van der Waals surface area contributed by atoms with E-state index in [2.05, 4.69) is 25.4 Å². The molecule has 23 heavy (non-hydrogen) atoms. The van der Waals surface area contributed by atoms with Crippen molar-refractivity contribution < 1.29 is 4.92 Å². The van der Waals surface area contributed by atoms with Gasteiger partial charge < -0.3 is 16.0 Å². The molecule has 9 heteroatoms. The Kier molecular flexibility index (Phi) is 4.18. The van der Waals surface area contributed by atoms with Crippen LogP contribution in [-0.4, -0.2) is 39.2 Å². The first-order valence-corrected chi connectivity index (χ1v) is 7.32. The van der Waals surface area contributed by atoms with Gasteiger partial charge in [-0.15, -0.1) is 5.10 Å². The number of piperidine rings is 1. The summed E-state index contributed by atoms with van der Waals surface area (Å²) in [5.41, 5.74) is 5.62. The van der Waals surface area contributed by atoms with Crippen LogP contribution in [0.1, 0.15) is 12.8 Å². The van der Waals surface area contributed by atoms with Crippen molar-refractivity contribution in [3.05, 3.63) is 40.7 Å². The number of hydrogen-bond donors (Lipinski definition) is 2. The van der Waals surface area contributed by atoms with Crippen LogP contribution in [0.2, 0.25) is 0 Å². The van der Waals surface area contributed by atoms with Gasteiger partial charge in [0.05, 0.1) is 4.92 Å². The summed E-state index contributed by atoms with van der Waals surface area (Å²) in [5.74, 6) is 1.44. The van der Waals surface area contributed by atoms with Gasteiger partial charge in [0, 0.05) is 31.4 Å². The van der Waals surface area contributed by atoms with E-state index in [4.69, 9.17) is 5.73 Å². The minimum atomic E-state index is -0.536. The molecule has 0 aliphatic carbocycles. The van der Waals surface area contributed by atoms with Crippen molar-refractivity contribution in [1.82, 2.24) is 15.2 Å². The molecule has 2 aromatic rings. The Morgan fingerprint density at radius 2 is 2.17 bits per heavy atom. The summed E-state index contributed by atoms with van der Waals surface area (Å²) in [6.07, 6.45) is 4.67. The van der Waals surface area contributed by atoms with Crippen molar-refractivity contribution in [1.29, 1.82) is 0 Å². The normalized spacial score (nSPS) is 15.4. The molecule has 0 radical (unpaired) electrons. The quantitative estimate of drug-likeness (QED) is 0.641. The molecule has 0 saturated carbocycles. The minimum absolute atomic E-state index is 0.115. The predicted octanol–water partition coefficient (Wildman–Crippen LogP) is 1.44. The summed E-state index contributed by atoms with van der Waals surface area (Å²) in [7, 11) is 0. The zero-order valence-corrected chi connectivity index (χ0v) is 12.4. The summed E-state index contributed by atoms with van der Waals surface area (Å²) in [6.45, 7) is 1.72. The van der Waals surface area contributed by atoms with Crippen LogP contribution in [0, 0.1) is 10.1 Å². The van der Waals surface area contributed by atoms with Gasteiger partial charge in [-0.2, -0.15) is 5.10 Å². The lowest BCUT2D eigenvalue weighted by molar-refractivity contribution is -0.384. The average molecular weight is 315 g/mol. The second-order valence-electron chi connectivity index (χ2n) is 5.37. The van der Waals surface area contributed by atoms with Crippen LogP contribution < -0.4 is 16.0 Å². The molecule has 3 rings (SSSR count). The van der Waals surface area contributed by atoms with Gasteiger partial charge in [-0.05, 0) is 25.0 Å². The molecule has 1 aliphatic rings. The fourth-order valence-corrected chi connectivity index (χ4v) is 2.62. The fraction of sp³-hybridized carbons (Fsp3) is 0.357. The van der Waals surface area contributed by atoms with E-state index < -0.39 is 4.92 Å². The number of nitrogen functional groups attached to an aromatic ring is 1. The Balaban J connectivity index is 1.59. The minimum Gasteiger partial charge on any atom is -0.393 e. The van der Waals surface area contributed by atoms with Gasteiger partial charge in [0.1, 0.15) is 17.7 Å². The highest BCUT2D eigenvalue weighted by Gasteiger charge is 2.21. The maximum absolute atomic E-state index is 10.7. The number of pyridine rings is 1. The highest BCUT2D eigenvalue weighted by Crippen LogP contribution is 2.24. The summed E-state index contributed by atoms with van der Waals surface area (Å²) in [4.78, 5) is 16.5. The second kappa shape index (κ2) is 6.42. The van der Waals surface area contributed by atoms with E-state index in [1.165, 1.54) is 12.3 Å². The Labute approximate surface area is 132 Å². The number of nitrogens with zero attached hydrogens (tertiary/aromatic N) is 5. The molecule has 0 atom stereocenters. The molecular formula is C14H17N7O2. The first-order valence-electron chi connectivity index (χ1n) is 7.32. The molecule has 1 aliphatic heterocycles. The SMILES string of the molecule is Nc1cc(NC2CCN(c3cccnn3)CC2)ncc1[N+](=O)[O-]. The zero-order chi connectivity index (χ0) is 16.2. The maximum Gasteiger partial charge on any atom is 0.310 e. The van der Waals surface area contributed by atoms with Gasteiger partial charge >= 0.3 is 5.69 Å². The van der Waals surface area contributed by atoms with Crippen molar-refractivity contribution in [2.24, 2.45) is 0 Å². The maximum atomic E-state index is 10.7. The Morgan fingerprint density at radius 1 is 1.39 bits per heavy atom. The average Bonchev–Trinajstić information content (AvgIpc) is 2.56. The molecule has 0 bridgehead atoms. The van der Waals surface area contributed by atoms with E-state index in [-0.39, 0.29) is 17.4 Å². The Morgan fingerprint density at radius 3 is 2.78 bits per heavy atom. The molecule has 120 valence electrons. The molecule has 2 aromatic heterocycles. The van der Waals surface area contributed by atoms with Gasteiger partial charge in [-0.1, -0.05) is 0 Å². The number of rotatable bonds is 4. The van der Waals surface area contributed by atoms with Crippen molar-refractivity contribution in [2.75, 3.05) is 29.0 Å². The van der Waals surface area contributed by atoms with Crippen LogP contribution in [0.5, 0.6) is 0 Å². The standard InChI is InChI=1S/C14H17N7O2/c15-11-8-13(16-9-12(11)21(22)23)18-10-3-6-20(7-4-10)14-2-1-5-17-19-14/h1-2,5,8-10H,3-4,6-7H2,(H3,15,16,18). The monoisotopic (exact) mass is 315 g/mol. The van der Waals surface area contributed by atoms with Gasteiger partial charge in [-0.25, -0.2) is 4.98 Å². The van der Waals surface area contributed by atoms with Crippen LogP contribution >= 0.6 is 0 Å². The number of hydrogen-bond acceptors (Lipinski definition) is 8. The van der Waals surface area contributed by atoms with Crippen molar-refractivity contribution >= 4 is 23.0 Å². The van der Waals surface area contributed by atoms with Gasteiger partial charge in [0.2, 0.25) is 0 Å². The topological polar surface area (TPSA) is 123 Å². The van der Waals surface area contributed by atoms with E-state index in [1.807, 2.05) is 12.1 Å². The predicted molar refractivity (Wildman–Crippen MR) is 86.2 cm³/mol. The third kappa shape index (κ3) is 3.44. The fourth-order valence-electron chi connectivity index (χ4n) is 2.62. The number of nitrogens with one attached hydrogen (secondary N) is 1. The van der Waals surface area contributed by atoms with Crippen LogP contribution in [0.15, 0.2) is 30.6 Å². The van der Waals surface area contributed by atoms with Gasteiger partial charge in [0.25, 0.3) is 0 Å². The van der Waals surface area contributed by atoms with Crippen LogP contribution in [-0.2, 0) is 0 Å². The third-order valence-corrected chi connectivity index (χ3v) is 3.84. The van der Waals surface area contributed by atoms with Crippen LogP contribution in [0.4, 0.5) is 23.0 Å². The zero-order valence-electron chi connectivity index (χ0n) is 12.4. The van der Waals surface area contributed by atoms with Crippen LogP contribution in [0.25, 0.3) is 0 Å².